The first-order chi connectivity index (χ1) is 11.0. The zero-order chi connectivity index (χ0) is 16.7. The number of nitrogens with one attached hydrogen (secondary N) is 1. The molecule has 0 aromatic heterocycles. The highest BCUT2D eigenvalue weighted by Gasteiger charge is 2.21. The Morgan fingerprint density at radius 2 is 2.09 bits per heavy atom. The normalized spacial score (nSPS) is 16.7. The molecule has 1 heterocycles. The first-order valence-electron chi connectivity index (χ1n) is 8.17. The number of carboxylic acids is 1. The lowest BCUT2D eigenvalue weighted by atomic mass is 9.95. The van der Waals surface area contributed by atoms with E-state index in [-0.39, 0.29) is 12.5 Å². The number of carbonyl (C=O) groups excluding carboxylic acids is 1. The molecule has 1 atom stereocenters. The number of carbonyl (C=O) groups is 2. The molecule has 126 valence electrons. The van der Waals surface area contributed by atoms with Crippen LogP contribution in [0.2, 0.25) is 0 Å². The maximum Gasteiger partial charge on any atom is 0.308 e. The fourth-order valence-electron chi connectivity index (χ4n) is 2.89. The number of ether oxygens (including phenoxy) is 1. The lowest BCUT2D eigenvalue weighted by molar-refractivity contribution is -0.141. The number of aryl methyl sites for hydroxylation is 1. The van der Waals surface area contributed by atoms with E-state index in [2.05, 4.69) is 5.32 Å². The van der Waals surface area contributed by atoms with E-state index < -0.39 is 11.9 Å². The van der Waals surface area contributed by atoms with Crippen LogP contribution in [0, 0.1) is 18.8 Å². The van der Waals surface area contributed by atoms with Gasteiger partial charge in [0, 0.05) is 26.2 Å². The Hall–Kier alpha value is -1.88. The minimum absolute atomic E-state index is 0.0626. The van der Waals surface area contributed by atoms with E-state index in [0.717, 1.165) is 24.0 Å². The molecule has 0 bridgehead atoms. The number of hydrogen-bond acceptors (Lipinski definition) is 3. The van der Waals surface area contributed by atoms with Gasteiger partial charge in [-0.3, -0.25) is 9.59 Å². The molecule has 0 saturated carbocycles. The van der Waals surface area contributed by atoms with Crippen molar-refractivity contribution in [1.82, 2.24) is 5.32 Å². The van der Waals surface area contributed by atoms with Crippen molar-refractivity contribution in [3.05, 3.63) is 35.4 Å². The van der Waals surface area contributed by atoms with Crippen molar-refractivity contribution >= 4 is 11.9 Å². The number of amides is 1. The fourth-order valence-corrected chi connectivity index (χ4v) is 2.89. The zero-order valence-electron chi connectivity index (χ0n) is 13.6. The summed E-state index contributed by atoms with van der Waals surface area (Å²) in [6.07, 6.45) is 2.69. The summed E-state index contributed by atoms with van der Waals surface area (Å²) in [5, 5.41) is 12.2. The van der Waals surface area contributed by atoms with Crippen LogP contribution in [0.3, 0.4) is 0 Å². The monoisotopic (exact) mass is 319 g/mol. The Morgan fingerprint density at radius 1 is 1.35 bits per heavy atom. The van der Waals surface area contributed by atoms with E-state index >= 15 is 0 Å². The van der Waals surface area contributed by atoms with Gasteiger partial charge in [0.25, 0.3) is 0 Å². The summed E-state index contributed by atoms with van der Waals surface area (Å²) >= 11 is 0. The SMILES string of the molecule is Cc1cccc(CC(CNC(=O)CC2CCOCC2)C(=O)O)c1. The van der Waals surface area contributed by atoms with Crippen LogP contribution in [-0.2, 0) is 20.7 Å². The number of rotatable bonds is 7. The smallest absolute Gasteiger partial charge is 0.308 e. The summed E-state index contributed by atoms with van der Waals surface area (Å²) < 4.78 is 5.28. The van der Waals surface area contributed by atoms with E-state index in [0.29, 0.717) is 32.0 Å². The van der Waals surface area contributed by atoms with Crippen molar-refractivity contribution in [1.29, 1.82) is 0 Å². The zero-order valence-corrected chi connectivity index (χ0v) is 13.6. The van der Waals surface area contributed by atoms with Gasteiger partial charge in [0.05, 0.1) is 5.92 Å². The molecule has 0 aliphatic carbocycles. The second kappa shape index (κ2) is 8.67. The van der Waals surface area contributed by atoms with Crippen LogP contribution in [0.4, 0.5) is 0 Å². The van der Waals surface area contributed by atoms with Gasteiger partial charge < -0.3 is 15.2 Å². The Balaban J connectivity index is 1.82. The van der Waals surface area contributed by atoms with Crippen LogP contribution in [0.25, 0.3) is 0 Å². The third-order valence-electron chi connectivity index (χ3n) is 4.27. The lowest BCUT2D eigenvalue weighted by Crippen LogP contribution is -2.35. The van der Waals surface area contributed by atoms with Crippen LogP contribution < -0.4 is 5.32 Å². The van der Waals surface area contributed by atoms with Gasteiger partial charge >= 0.3 is 5.97 Å². The Labute approximate surface area is 137 Å². The first-order valence-corrected chi connectivity index (χ1v) is 8.17. The van der Waals surface area contributed by atoms with Gasteiger partial charge in [0.15, 0.2) is 0 Å². The average Bonchev–Trinajstić information content (AvgIpc) is 2.52. The van der Waals surface area contributed by atoms with Crippen molar-refractivity contribution in [2.45, 2.75) is 32.6 Å². The van der Waals surface area contributed by atoms with E-state index in [4.69, 9.17) is 4.74 Å². The predicted molar refractivity (Wildman–Crippen MR) is 87.2 cm³/mol. The van der Waals surface area contributed by atoms with Gasteiger partial charge in [-0.2, -0.15) is 0 Å². The van der Waals surface area contributed by atoms with Crippen LogP contribution in [0.5, 0.6) is 0 Å². The second-order valence-corrected chi connectivity index (χ2v) is 6.29. The fraction of sp³-hybridized carbons (Fsp3) is 0.556. The topological polar surface area (TPSA) is 75.6 Å². The summed E-state index contributed by atoms with van der Waals surface area (Å²) in [6.45, 7) is 3.58. The van der Waals surface area contributed by atoms with Gasteiger partial charge in [0.2, 0.25) is 5.91 Å². The van der Waals surface area contributed by atoms with Crippen molar-refractivity contribution in [2.24, 2.45) is 11.8 Å². The number of carboxylic acid groups (broad SMARTS) is 1. The quantitative estimate of drug-likeness (QED) is 0.807. The largest absolute Gasteiger partial charge is 0.481 e. The molecule has 1 fully saturated rings. The number of hydrogen-bond donors (Lipinski definition) is 2. The van der Waals surface area contributed by atoms with Crippen molar-refractivity contribution in [3.8, 4) is 0 Å². The average molecular weight is 319 g/mol. The van der Waals surface area contributed by atoms with E-state index in [9.17, 15) is 14.7 Å². The molecule has 5 nitrogen and oxygen atoms in total. The highest BCUT2D eigenvalue weighted by molar-refractivity contribution is 5.77. The standard InChI is InChI=1S/C18H25NO4/c1-13-3-2-4-15(9-13)10-16(18(21)22)12-19-17(20)11-14-5-7-23-8-6-14/h2-4,9,14,16H,5-8,10-12H2,1H3,(H,19,20)(H,21,22). The summed E-state index contributed by atoms with van der Waals surface area (Å²) in [4.78, 5) is 23.4. The number of aliphatic carboxylic acids is 1. The summed E-state index contributed by atoms with van der Waals surface area (Å²) in [5.41, 5.74) is 2.09. The minimum atomic E-state index is -0.877. The highest BCUT2D eigenvalue weighted by atomic mass is 16.5. The lowest BCUT2D eigenvalue weighted by Gasteiger charge is -2.22. The van der Waals surface area contributed by atoms with Crippen LogP contribution in [0.1, 0.15) is 30.4 Å². The Morgan fingerprint density at radius 3 is 2.74 bits per heavy atom. The third kappa shape index (κ3) is 6.02. The molecule has 0 radical (unpaired) electrons. The molecular formula is C18H25NO4. The summed E-state index contributed by atoms with van der Waals surface area (Å²) in [7, 11) is 0. The van der Waals surface area contributed by atoms with Gasteiger partial charge in [-0.25, -0.2) is 0 Å². The molecule has 2 N–H and O–H groups in total. The molecule has 1 saturated heterocycles. The molecule has 1 aromatic rings. The number of benzene rings is 1. The van der Waals surface area contributed by atoms with Crippen molar-refractivity contribution in [3.63, 3.8) is 0 Å². The first kappa shape index (κ1) is 17.5. The molecule has 1 unspecified atom stereocenters. The molecular weight excluding hydrogens is 294 g/mol. The van der Waals surface area contributed by atoms with Gasteiger partial charge in [-0.05, 0) is 37.7 Å². The molecule has 1 amide bonds. The molecule has 23 heavy (non-hydrogen) atoms. The van der Waals surface area contributed by atoms with Crippen LogP contribution >= 0.6 is 0 Å². The molecule has 1 aromatic carbocycles. The molecule has 1 aliphatic heterocycles. The minimum Gasteiger partial charge on any atom is -0.481 e. The second-order valence-electron chi connectivity index (χ2n) is 6.29. The van der Waals surface area contributed by atoms with E-state index in [1.54, 1.807) is 0 Å². The predicted octanol–water partition coefficient (Wildman–Crippen LogP) is 2.17. The van der Waals surface area contributed by atoms with E-state index in [1.165, 1.54) is 0 Å². The van der Waals surface area contributed by atoms with Gasteiger partial charge in [0.1, 0.15) is 0 Å². The molecule has 5 heteroatoms. The molecule has 1 aliphatic rings. The maximum absolute atomic E-state index is 12.0. The Kier molecular flexibility index (Phi) is 6.59. The van der Waals surface area contributed by atoms with Gasteiger partial charge in [-0.15, -0.1) is 0 Å². The molecule has 0 spiro atoms. The van der Waals surface area contributed by atoms with Crippen molar-refractivity contribution < 1.29 is 19.4 Å². The van der Waals surface area contributed by atoms with Crippen LogP contribution in [-0.4, -0.2) is 36.7 Å². The van der Waals surface area contributed by atoms with Crippen molar-refractivity contribution in [2.75, 3.05) is 19.8 Å². The summed E-state index contributed by atoms with van der Waals surface area (Å²) in [5.74, 6) is -1.19. The van der Waals surface area contributed by atoms with Crippen LogP contribution in [0.15, 0.2) is 24.3 Å². The summed E-state index contributed by atoms with van der Waals surface area (Å²) in [6, 6.07) is 7.81. The maximum atomic E-state index is 12.0. The van der Waals surface area contributed by atoms with Gasteiger partial charge in [-0.1, -0.05) is 29.8 Å². The molecule has 2 rings (SSSR count). The van der Waals surface area contributed by atoms with E-state index in [1.807, 2.05) is 31.2 Å². The third-order valence-corrected chi connectivity index (χ3v) is 4.27. The highest BCUT2D eigenvalue weighted by Crippen LogP contribution is 2.18. The Bertz CT molecular complexity index is 538.